The first kappa shape index (κ1) is 13.0. The molecule has 0 atom stereocenters. The molecule has 0 aliphatic heterocycles. The minimum absolute atomic E-state index is 0.291. The molecule has 1 aliphatic rings. The van der Waals surface area contributed by atoms with Crippen molar-refractivity contribution in [3.8, 4) is 0 Å². The van der Waals surface area contributed by atoms with Crippen LogP contribution in [0.5, 0.6) is 0 Å². The summed E-state index contributed by atoms with van der Waals surface area (Å²) >= 11 is 0. The second-order valence-electron chi connectivity index (χ2n) is 7.53. The van der Waals surface area contributed by atoms with Crippen LogP contribution in [0.3, 0.4) is 0 Å². The van der Waals surface area contributed by atoms with Gasteiger partial charge >= 0.3 is 0 Å². The SMILES string of the molecule is CC(C)(C)CCC1CC(NC(C)(C)C)C1. The van der Waals surface area contributed by atoms with E-state index in [1.807, 2.05) is 0 Å². The number of nitrogens with one attached hydrogen (secondary N) is 1. The highest BCUT2D eigenvalue weighted by atomic mass is 15.0. The fourth-order valence-electron chi connectivity index (χ4n) is 2.34. The molecule has 1 heteroatoms. The second-order valence-corrected chi connectivity index (χ2v) is 7.53. The Bertz CT molecular complexity index is 188. The molecular formula is C14H29N. The summed E-state index contributed by atoms with van der Waals surface area (Å²) < 4.78 is 0. The molecule has 0 aromatic rings. The Morgan fingerprint density at radius 3 is 1.93 bits per heavy atom. The van der Waals surface area contributed by atoms with Gasteiger partial charge in [-0.25, -0.2) is 0 Å². The van der Waals surface area contributed by atoms with E-state index in [0.29, 0.717) is 11.0 Å². The van der Waals surface area contributed by atoms with E-state index >= 15 is 0 Å². The Morgan fingerprint density at radius 2 is 1.53 bits per heavy atom. The van der Waals surface area contributed by atoms with Crippen LogP contribution < -0.4 is 5.32 Å². The summed E-state index contributed by atoms with van der Waals surface area (Å²) in [6.45, 7) is 13.8. The Balaban J connectivity index is 2.11. The smallest absolute Gasteiger partial charge is 0.00991 e. The quantitative estimate of drug-likeness (QED) is 0.744. The molecule has 0 bridgehead atoms. The molecule has 0 heterocycles. The predicted molar refractivity (Wildman–Crippen MR) is 68.1 cm³/mol. The van der Waals surface area contributed by atoms with Crippen molar-refractivity contribution in [3.63, 3.8) is 0 Å². The van der Waals surface area contributed by atoms with Crippen molar-refractivity contribution in [2.75, 3.05) is 0 Å². The lowest BCUT2D eigenvalue weighted by Gasteiger charge is -2.41. The molecule has 90 valence electrons. The van der Waals surface area contributed by atoms with Gasteiger partial charge in [0.15, 0.2) is 0 Å². The van der Waals surface area contributed by atoms with Gasteiger partial charge in [-0.2, -0.15) is 0 Å². The van der Waals surface area contributed by atoms with Gasteiger partial charge in [0.05, 0.1) is 0 Å². The standard InChI is InChI=1S/C14H29N/c1-13(2,3)8-7-11-9-12(10-11)15-14(4,5)6/h11-12,15H,7-10H2,1-6H3. The molecular weight excluding hydrogens is 182 g/mol. The minimum Gasteiger partial charge on any atom is -0.309 e. The normalized spacial score (nSPS) is 27.6. The maximum atomic E-state index is 3.68. The van der Waals surface area contributed by atoms with Crippen molar-refractivity contribution < 1.29 is 0 Å². The van der Waals surface area contributed by atoms with Crippen LogP contribution in [0, 0.1) is 11.3 Å². The third-order valence-electron chi connectivity index (χ3n) is 3.18. The van der Waals surface area contributed by atoms with Crippen molar-refractivity contribution in [1.82, 2.24) is 5.32 Å². The van der Waals surface area contributed by atoms with Gasteiger partial charge in [0.25, 0.3) is 0 Å². The predicted octanol–water partition coefficient (Wildman–Crippen LogP) is 3.98. The average Bonchev–Trinajstić information content (AvgIpc) is 1.89. The van der Waals surface area contributed by atoms with Crippen LogP contribution >= 0.6 is 0 Å². The van der Waals surface area contributed by atoms with Crippen LogP contribution in [0.25, 0.3) is 0 Å². The first-order valence-corrected chi connectivity index (χ1v) is 6.43. The fraction of sp³-hybridized carbons (Fsp3) is 1.00. The summed E-state index contributed by atoms with van der Waals surface area (Å²) in [5.41, 5.74) is 0.808. The molecule has 0 spiro atoms. The average molecular weight is 211 g/mol. The molecule has 1 saturated carbocycles. The van der Waals surface area contributed by atoms with E-state index in [2.05, 4.69) is 46.9 Å². The maximum Gasteiger partial charge on any atom is 0.00991 e. The molecule has 1 N–H and O–H groups in total. The molecule has 0 saturated heterocycles. The van der Waals surface area contributed by atoms with Gasteiger partial charge in [-0.1, -0.05) is 20.8 Å². The maximum absolute atomic E-state index is 3.68. The molecule has 0 aromatic carbocycles. The number of rotatable bonds is 3. The number of hydrogen-bond donors (Lipinski definition) is 1. The van der Waals surface area contributed by atoms with Crippen molar-refractivity contribution in [3.05, 3.63) is 0 Å². The largest absolute Gasteiger partial charge is 0.309 e. The molecule has 15 heavy (non-hydrogen) atoms. The van der Waals surface area contributed by atoms with E-state index in [1.165, 1.54) is 25.7 Å². The van der Waals surface area contributed by atoms with E-state index in [9.17, 15) is 0 Å². The Kier molecular flexibility index (Phi) is 3.86. The highest BCUT2D eigenvalue weighted by molar-refractivity contribution is 4.89. The first-order valence-electron chi connectivity index (χ1n) is 6.43. The van der Waals surface area contributed by atoms with E-state index in [0.717, 1.165) is 12.0 Å². The van der Waals surface area contributed by atoms with Gasteiger partial charge in [0.1, 0.15) is 0 Å². The Hall–Kier alpha value is -0.0400. The zero-order valence-corrected chi connectivity index (χ0v) is 11.5. The van der Waals surface area contributed by atoms with E-state index in [-0.39, 0.29) is 0 Å². The highest BCUT2D eigenvalue weighted by Crippen LogP contribution is 2.35. The van der Waals surface area contributed by atoms with Gasteiger partial charge in [0.2, 0.25) is 0 Å². The molecule has 1 fully saturated rings. The lowest BCUT2D eigenvalue weighted by molar-refractivity contribution is 0.160. The second kappa shape index (κ2) is 4.45. The lowest BCUT2D eigenvalue weighted by Crippen LogP contribution is -2.50. The van der Waals surface area contributed by atoms with Crippen molar-refractivity contribution in [2.24, 2.45) is 11.3 Å². The van der Waals surface area contributed by atoms with Crippen molar-refractivity contribution in [2.45, 2.75) is 78.8 Å². The number of hydrogen-bond acceptors (Lipinski definition) is 1. The summed E-state index contributed by atoms with van der Waals surface area (Å²) in [5.74, 6) is 0.990. The summed E-state index contributed by atoms with van der Waals surface area (Å²) in [5, 5.41) is 3.68. The Labute approximate surface area is 96.0 Å². The third kappa shape index (κ3) is 5.55. The van der Waals surface area contributed by atoms with Crippen LogP contribution in [-0.4, -0.2) is 11.6 Å². The van der Waals surface area contributed by atoms with Crippen LogP contribution in [-0.2, 0) is 0 Å². The monoisotopic (exact) mass is 211 g/mol. The van der Waals surface area contributed by atoms with Crippen molar-refractivity contribution in [1.29, 1.82) is 0 Å². The molecule has 0 radical (unpaired) electrons. The van der Waals surface area contributed by atoms with Gasteiger partial charge in [-0.05, 0) is 57.8 Å². The summed E-state index contributed by atoms with van der Waals surface area (Å²) in [7, 11) is 0. The summed E-state index contributed by atoms with van der Waals surface area (Å²) in [6.07, 6.45) is 5.59. The van der Waals surface area contributed by atoms with Gasteiger partial charge in [0, 0.05) is 11.6 Å². The van der Waals surface area contributed by atoms with E-state index in [4.69, 9.17) is 0 Å². The summed E-state index contributed by atoms with van der Waals surface area (Å²) in [6, 6.07) is 0.787. The molecule has 0 aromatic heterocycles. The zero-order valence-electron chi connectivity index (χ0n) is 11.5. The van der Waals surface area contributed by atoms with Crippen molar-refractivity contribution >= 4 is 0 Å². The zero-order chi connectivity index (χ0) is 11.7. The topological polar surface area (TPSA) is 12.0 Å². The highest BCUT2D eigenvalue weighted by Gasteiger charge is 2.31. The van der Waals surface area contributed by atoms with Crippen LogP contribution in [0.2, 0.25) is 0 Å². The van der Waals surface area contributed by atoms with E-state index in [1.54, 1.807) is 0 Å². The minimum atomic E-state index is 0.291. The molecule has 0 amide bonds. The van der Waals surface area contributed by atoms with E-state index < -0.39 is 0 Å². The lowest BCUT2D eigenvalue weighted by atomic mass is 9.74. The van der Waals surface area contributed by atoms with Gasteiger partial charge < -0.3 is 5.32 Å². The first-order chi connectivity index (χ1) is 6.66. The molecule has 0 unspecified atom stereocenters. The van der Waals surface area contributed by atoms with Gasteiger partial charge in [-0.15, -0.1) is 0 Å². The Morgan fingerprint density at radius 1 is 1.00 bits per heavy atom. The summed E-state index contributed by atoms with van der Waals surface area (Å²) in [4.78, 5) is 0. The molecule has 1 aliphatic carbocycles. The van der Waals surface area contributed by atoms with Crippen LogP contribution in [0.4, 0.5) is 0 Å². The van der Waals surface area contributed by atoms with Crippen LogP contribution in [0.15, 0.2) is 0 Å². The molecule has 1 rings (SSSR count). The van der Waals surface area contributed by atoms with Gasteiger partial charge in [-0.3, -0.25) is 0 Å². The third-order valence-corrected chi connectivity index (χ3v) is 3.18. The molecule has 1 nitrogen and oxygen atoms in total. The fourth-order valence-corrected chi connectivity index (χ4v) is 2.34. The van der Waals surface area contributed by atoms with Crippen LogP contribution in [0.1, 0.15) is 67.2 Å².